The molecule has 3 aliphatic heterocycles. The molecule has 4 unspecified atom stereocenters. The van der Waals surface area contributed by atoms with Gasteiger partial charge in [0.25, 0.3) is 0 Å². The average Bonchev–Trinajstić information content (AvgIpc) is 3.45. The number of hydrogen-bond donors (Lipinski definition) is 1. The fraction of sp³-hybridized carbons (Fsp3) is 0.696. The Hall–Kier alpha value is -1.65. The maximum atomic E-state index is 8.87. The van der Waals surface area contributed by atoms with Crippen molar-refractivity contribution in [2.75, 3.05) is 51.1 Å². The predicted molar refractivity (Wildman–Crippen MR) is 114 cm³/mol. The van der Waals surface area contributed by atoms with Gasteiger partial charge in [-0.2, -0.15) is 5.26 Å². The lowest BCUT2D eigenvalue weighted by molar-refractivity contribution is -0.138. The van der Waals surface area contributed by atoms with E-state index >= 15 is 0 Å². The van der Waals surface area contributed by atoms with E-state index < -0.39 is 0 Å². The molecule has 3 saturated heterocycles. The number of rotatable bonds is 7. The molecular weight excluding hydrogens is 364 g/mol. The van der Waals surface area contributed by atoms with Crippen molar-refractivity contribution in [2.45, 2.75) is 51.6 Å². The van der Waals surface area contributed by atoms with Crippen molar-refractivity contribution in [3.63, 3.8) is 0 Å². The Kier molecular flexibility index (Phi) is 6.12. The van der Waals surface area contributed by atoms with E-state index in [2.05, 4.69) is 42.0 Å². The van der Waals surface area contributed by atoms with Crippen LogP contribution in [0.5, 0.6) is 0 Å². The first-order chi connectivity index (χ1) is 13.9. The van der Waals surface area contributed by atoms with Crippen LogP contribution in [0.15, 0.2) is 24.3 Å². The van der Waals surface area contributed by atoms with Crippen molar-refractivity contribution < 1.29 is 9.47 Å². The normalized spacial score (nSPS) is 30.0. The standard InChI is InChI=1S/C23H34N4O2/c1-23(2,3)22-21(29-22)16-27-14-19-12-26(13-20(15-27)28-19)10-4-9-25-18-7-5-17(11-24)6-8-18/h5-8,19-22,25H,4,9-10,12-16H2,1-3H3. The minimum atomic E-state index is 0.245. The topological polar surface area (TPSA) is 64.1 Å². The number of benzene rings is 1. The molecule has 0 aliphatic carbocycles. The third kappa shape index (κ3) is 5.49. The largest absolute Gasteiger partial charge is 0.385 e. The van der Waals surface area contributed by atoms with Crippen molar-refractivity contribution >= 4 is 5.69 Å². The zero-order valence-corrected chi connectivity index (χ0v) is 17.9. The Morgan fingerprint density at radius 2 is 1.69 bits per heavy atom. The van der Waals surface area contributed by atoms with Crippen LogP contribution in [0.2, 0.25) is 0 Å². The second-order valence-corrected chi connectivity index (χ2v) is 9.79. The van der Waals surface area contributed by atoms with Gasteiger partial charge in [0.05, 0.1) is 36.0 Å². The van der Waals surface area contributed by atoms with Crippen molar-refractivity contribution in [3.05, 3.63) is 29.8 Å². The number of fused-ring (bicyclic) bond motifs is 2. The summed E-state index contributed by atoms with van der Waals surface area (Å²) < 4.78 is 12.1. The zero-order chi connectivity index (χ0) is 20.4. The van der Waals surface area contributed by atoms with Crippen molar-refractivity contribution in [2.24, 2.45) is 5.41 Å². The highest BCUT2D eigenvalue weighted by atomic mass is 16.6. The molecule has 0 spiro atoms. The van der Waals surface area contributed by atoms with Gasteiger partial charge in [-0.3, -0.25) is 9.80 Å². The van der Waals surface area contributed by atoms with Gasteiger partial charge in [0.1, 0.15) is 0 Å². The van der Waals surface area contributed by atoms with Gasteiger partial charge in [-0.25, -0.2) is 0 Å². The molecule has 0 aromatic heterocycles. The van der Waals surface area contributed by atoms with E-state index in [1.165, 1.54) is 0 Å². The summed E-state index contributed by atoms with van der Waals surface area (Å²) in [5.74, 6) is 0. The fourth-order valence-corrected chi connectivity index (χ4v) is 4.69. The van der Waals surface area contributed by atoms with Gasteiger partial charge < -0.3 is 14.8 Å². The number of epoxide rings is 1. The lowest BCUT2D eigenvalue weighted by Gasteiger charge is -2.45. The lowest BCUT2D eigenvalue weighted by atomic mass is 9.90. The molecule has 3 fully saturated rings. The molecular formula is C23H34N4O2. The summed E-state index contributed by atoms with van der Waals surface area (Å²) in [6.45, 7) is 14.0. The number of anilines is 1. The van der Waals surface area contributed by atoms with E-state index in [4.69, 9.17) is 14.7 Å². The van der Waals surface area contributed by atoms with Gasteiger partial charge in [0, 0.05) is 51.5 Å². The van der Waals surface area contributed by atoms with Crippen LogP contribution in [-0.2, 0) is 9.47 Å². The third-order valence-electron chi connectivity index (χ3n) is 6.10. The maximum absolute atomic E-state index is 8.87. The average molecular weight is 399 g/mol. The summed E-state index contributed by atoms with van der Waals surface area (Å²) in [5.41, 5.74) is 2.02. The zero-order valence-electron chi connectivity index (χ0n) is 17.9. The molecule has 29 heavy (non-hydrogen) atoms. The number of morpholine rings is 2. The van der Waals surface area contributed by atoms with Crippen LogP contribution in [0, 0.1) is 16.7 Å². The third-order valence-corrected chi connectivity index (χ3v) is 6.10. The van der Waals surface area contributed by atoms with E-state index in [1.807, 2.05) is 24.3 Å². The minimum absolute atomic E-state index is 0.245. The molecule has 0 saturated carbocycles. The lowest BCUT2D eigenvalue weighted by Crippen LogP contribution is -2.60. The van der Waals surface area contributed by atoms with Crippen LogP contribution < -0.4 is 5.32 Å². The van der Waals surface area contributed by atoms with E-state index in [9.17, 15) is 0 Å². The van der Waals surface area contributed by atoms with Gasteiger partial charge in [0.2, 0.25) is 0 Å². The summed E-state index contributed by atoms with van der Waals surface area (Å²) in [4.78, 5) is 5.11. The molecule has 3 aliphatic rings. The van der Waals surface area contributed by atoms with Crippen LogP contribution in [0.4, 0.5) is 5.69 Å². The Morgan fingerprint density at radius 3 is 2.28 bits per heavy atom. The highest BCUT2D eigenvalue weighted by Crippen LogP contribution is 2.38. The smallest absolute Gasteiger partial charge is 0.0991 e. The van der Waals surface area contributed by atoms with Crippen LogP contribution in [0.3, 0.4) is 0 Å². The van der Waals surface area contributed by atoms with E-state index in [0.29, 0.717) is 30.0 Å². The Balaban J connectivity index is 1.15. The second kappa shape index (κ2) is 8.61. The number of nitrogens with zero attached hydrogens (tertiary/aromatic N) is 3. The van der Waals surface area contributed by atoms with Gasteiger partial charge in [0.15, 0.2) is 0 Å². The SMILES string of the molecule is CC(C)(C)C1OC1CN1CC2CN(CCCNc3ccc(C#N)cc3)CC(C1)O2. The van der Waals surface area contributed by atoms with E-state index in [-0.39, 0.29) is 5.41 Å². The summed E-state index contributed by atoms with van der Waals surface area (Å²) in [7, 11) is 0. The van der Waals surface area contributed by atoms with Gasteiger partial charge in [-0.15, -0.1) is 0 Å². The molecule has 2 bridgehead atoms. The number of hydrogen-bond acceptors (Lipinski definition) is 6. The maximum Gasteiger partial charge on any atom is 0.0991 e. The summed E-state index contributed by atoms with van der Waals surface area (Å²) in [6, 6.07) is 9.81. The van der Waals surface area contributed by atoms with Gasteiger partial charge in [-0.05, 0) is 36.1 Å². The van der Waals surface area contributed by atoms with Crippen molar-refractivity contribution in [1.82, 2.24) is 9.80 Å². The fourth-order valence-electron chi connectivity index (χ4n) is 4.69. The molecule has 1 aromatic carbocycles. The van der Waals surface area contributed by atoms with Gasteiger partial charge in [-0.1, -0.05) is 20.8 Å². The number of nitriles is 1. The first-order valence-corrected chi connectivity index (χ1v) is 10.9. The molecule has 6 heteroatoms. The molecule has 3 heterocycles. The minimum Gasteiger partial charge on any atom is -0.385 e. The summed E-state index contributed by atoms with van der Waals surface area (Å²) in [6.07, 6.45) is 2.55. The number of nitrogens with one attached hydrogen (secondary N) is 1. The first-order valence-electron chi connectivity index (χ1n) is 10.9. The molecule has 4 rings (SSSR count). The molecule has 6 nitrogen and oxygen atoms in total. The Morgan fingerprint density at radius 1 is 1.03 bits per heavy atom. The molecule has 158 valence electrons. The monoisotopic (exact) mass is 398 g/mol. The first kappa shape index (κ1) is 20.6. The predicted octanol–water partition coefficient (Wildman–Crippen LogP) is 2.56. The van der Waals surface area contributed by atoms with Crippen molar-refractivity contribution in [1.29, 1.82) is 5.26 Å². The van der Waals surface area contributed by atoms with Crippen LogP contribution in [-0.4, -0.2) is 80.0 Å². The molecule has 1 aromatic rings. The summed E-state index contributed by atoms with van der Waals surface area (Å²) in [5, 5.41) is 12.3. The Labute approximate surface area is 174 Å². The van der Waals surface area contributed by atoms with E-state index in [0.717, 1.165) is 57.9 Å². The quantitative estimate of drug-likeness (QED) is 0.563. The highest BCUT2D eigenvalue weighted by molar-refractivity contribution is 5.47. The van der Waals surface area contributed by atoms with Gasteiger partial charge >= 0.3 is 0 Å². The summed E-state index contributed by atoms with van der Waals surface area (Å²) >= 11 is 0. The molecule has 0 radical (unpaired) electrons. The number of ether oxygens (including phenoxy) is 2. The van der Waals surface area contributed by atoms with Crippen LogP contribution in [0.25, 0.3) is 0 Å². The highest BCUT2D eigenvalue weighted by Gasteiger charge is 2.48. The van der Waals surface area contributed by atoms with Crippen LogP contribution in [0.1, 0.15) is 32.8 Å². The Bertz CT molecular complexity index is 710. The van der Waals surface area contributed by atoms with Crippen LogP contribution >= 0.6 is 0 Å². The molecule has 4 atom stereocenters. The second-order valence-electron chi connectivity index (χ2n) is 9.79. The molecule has 0 amide bonds. The van der Waals surface area contributed by atoms with E-state index in [1.54, 1.807) is 0 Å². The molecule has 1 N–H and O–H groups in total. The van der Waals surface area contributed by atoms with Crippen molar-refractivity contribution in [3.8, 4) is 6.07 Å².